The van der Waals surface area contributed by atoms with Crippen molar-refractivity contribution in [2.45, 2.75) is 12.6 Å². The van der Waals surface area contributed by atoms with Gasteiger partial charge in [-0.2, -0.15) is 13.2 Å². The molecule has 0 bridgehead atoms. The molecule has 0 unspecified atom stereocenters. The van der Waals surface area contributed by atoms with Crippen molar-refractivity contribution in [3.05, 3.63) is 89.1 Å². The highest BCUT2D eigenvalue weighted by Gasteiger charge is 2.31. The van der Waals surface area contributed by atoms with E-state index in [1.54, 1.807) is 30.3 Å². The van der Waals surface area contributed by atoms with Gasteiger partial charge in [0, 0.05) is 66.2 Å². The standard InChI is InChI=1S/C29H28ClF3N4O2/c30-22-4-2-6-25(16-22)39-19-28(38)35-23-7-8-27-26(17-23)20(18-34-27)9-10-36-11-13-37(14-12-36)24-5-1-3-21(15-24)29(31,32)33/h1-8,15-18,34H,9-14,19H2,(H,35,38). The Hall–Kier alpha value is -3.69. The molecule has 10 heteroatoms. The third kappa shape index (κ3) is 6.85. The lowest BCUT2D eigenvalue weighted by Crippen LogP contribution is -2.47. The van der Waals surface area contributed by atoms with E-state index in [1.807, 2.05) is 29.3 Å². The van der Waals surface area contributed by atoms with Gasteiger partial charge in [0.15, 0.2) is 6.61 Å². The molecule has 39 heavy (non-hydrogen) atoms. The molecule has 2 N–H and O–H groups in total. The Morgan fingerprint density at radius 3 is 2.56 bits per heavy atom. The molecule has 1 aliphatic heterocycles. The number of aromatic amines is 1. The van der Waals surface area contributed by atoms with Gasteiger partial charge in [-0.1, -0.05) is 23.7 Å². The molecule has 1 aromatic heterocycles. The van der Waals surface area contributed by atoms with Crippen LogP contribution in [0.2, 0.25) is 5.02 Å². The summed E-state index contributed by atoms with van der Waals surface area (Å²) in [5.74, 6) is 0.252. The predicted molar refractivity (Wildman–Crippen MR) is 148 cm³/mol. The summed E-state index contributed by atoms with van der Waals surface area (Å²) in [6.07, 6.45) is -1.55. The number of rotatable bonds is 8. The molecule has 5 rings (SSSR count). The first-order valence-corrected chi connectivity index (χ1v) is 13.1. The van der Waals surface area contributed by atoms with Gasteiger partial charge in [0.05, 0.1) is 5.56 Å². The molecule has 1 fully saturated rings. The van der Waals surface area contributed by atoms with Gasteiger partial charge in [0.2, 0.25) is 0 Å². The van der Waals surface area contributed by atoms with Gasteiger partial charge in [-0.25, -0.2) is 0 Å². The number of alkyl halides is 3. The molecule has 6 nitrogen and oxygen atoms in total. The average Bonchev–Trinajstić information content (AvgIpc) is 3.33. The number of carbonyl (C=O) groups is 1. The van der Waals surface area contributed by atoms with Crippen molar-refractivity contribution in [1.82, 2.24) is 9.88 Å². The fraction of sp³-hybridized carbons (Fsp3) is 0.276. The van der Waals surface area contributed by atoms with E-state index in [1.165, 1.54) is 12.1 Å². The second-order valence-electron chi connectivity index (χ2n) is 9.50. The van der Waals surface area contributed by atoms with Crippen LogP contribution in [0, 0.1) is 0 Å². The number of ether oxygens (including phenoxy) is 1. The molecule has 0 saturated carbocycles. The number of piperazine rings is 1. The van der Waals surface area contributed by atoms with E-state index in [2.05, 4.69) is 15.2 Å². The van der Waals surface area contributed by atoms with Crippen LogP contribution in [-0.2, 0) is 17.4 Å². The number of aromatic nitrogens is 1. The van der Waals surface area contributed by atoms with E-state index in [-0.39, 0.29) is 12.5 Å². The smallest absolute Gasteiger partial charge is 0.416 e. The minimum Gasteiger partial charge on any atom is -0.484 e. The fourth-order valence-corrected chi connectivity index (χ4v) is 4.93. The molecule has 2 heterocycles. The molecule has 0 radical (unpaired) electrons. The summed E-state index contributed by atoms with van der Waals surface area (Å²) in [6, 6.07) is 18.1. The molecule has 0 spiro atoms. The predicted octanol–water partition coefficient (Wildman–Crippen LogP) is 6.22. The Labute approximate surface area is 229 Å². The van der Waals surface area contributed by atoms with Crippen molar-refractivity contribution in [3.8, 4) is 5.75 Å². The van der Waals surface area contributed by atoms with Crippen LogP contribution in [0.3, 0.4) is 0 Å². The number of hydrogen-bond donors (Lipinski definition) is 2. The number of anilines is 2. The highest BCUT2D eigenvalue weighted by molar-refractivity contribution is 6.30. The SMILES string of the molecule is O=C(COc1cccc(Cl)c1)Nc1ccc2[nH]cc(CCN3CCN(c4cccc(C(F)(F)F)c4)CC3)c2c1. The topological polar surface area (TPSA) is 60.6 Å². The van der Waals surface area contributed by atoms with E-state index < -0.39 is 11.7 Å². The zero-order chi connectivity index (χ0) is 27.4. The van der Waals surface area contributed by atoms with E-state index in [0.717, 1.165) is 48.6 Å². The maximum absolute atomic E-state index is 13.1. The number of H-pyrrole nitrogens is 1. The van der Waals surface area contributed by atoms with E-state index in [0.29, 0.717) is 35.2 Å². The summed E-state index contributed by atoms with van der Waals surface area (Å²) < 4.78 is 44.8. The Morgan fingerprint density at radius 1 is 1.00 bits per heavy atom. The van der Waals surface area contributed by atoms with E-state index >= 15 is 0 Å². The lowest BCUT2D eigenvalue weighted by molar-refractivity contribution is -0.137. The van der Waals surface area contributed by atoms with Crippen molar-refractivity contribution in [2.75, 3.05) is 49.5 Å². The van der Waals surface area contributed by atoms with Crippen LogP contribution >= 0.6 is 11.6 Å². The zero-order valence-electron chi connectivity index (χ0n) is 21.1. The van der Waals surface area contributed by atoms with Gasteiger partial charge in [0.25, 0.3) is 5.91 Å². The third-order valence-electron chi connectivity index (χ3n) is 6.83. The minimum atomic E-state index is -4.34. The normalized spacial score (nSPS) is 14.5. The van der Waals surface area contributed by atoms with Crippen molar-refractivity contribution < 1.29 is 22.7 Å². The summed E-state index contributed by atoms with van der Waals surface area (Å²) in [6.45, 7) is 3.57. The molecule has 0 atom stereocenters. The van der Waals surface area contributed by atoms with Crippen LogP contribution in [0.15, 0.2) is 72.9 Å². The van der Waals surface area contributed by atoms with E-state index in [4.69, 9.17) is 16.3 Å². The Morgan fingerprint density at radius 2 is 1.79 bits per heavy atom. The van der Waals surface area contributed by atoms with Gasteiger partial charge in [0.1, 0.15) is 5.75 Å². The number of nitrogens with zero attached hydrogens (tertiary/aromatic N) is 2. The number of amides is 1. The van der Waals surface area contributed by atoms with Gasteiger partial charge >= 0.3 is 6.18 Å². The van der Waals surface area contributed by atoms with Crippen LogP contribution in [-0.4, -0.2) is 55.1 Å². The van der Waals surface area contributed by atoms with Crippen LogP contribution < -0.4 is 15.0 Å². The molecule has 204 valence electrons. The molecule has 1 amide bonds. The Balaban J connectivity index is 1.14. The quantitative estimate of drug-likeness (QED) is 0.270. The number of carbonyl (C=O) groups excluding carboxylic acids is 1. The van der Waals surface area contributed by atoms with Crippen LogP contribution in [0.4, 0.5) is 24.5 Å². The second-order valence-corrected chi connectivity index (χ2v) is 9.93. The largest absolute Gasteiger partial charge is 0.484 e. The maximum atomic E-state index is 13.1. The van der Waals surface area contributed by atoms with Gasteiger partial charge in [-0.3, -0.25) is 9.69 Å². The molecule has 1 aliphatic rings. The van der Waals surface area contributed by atoms with E-state index in [9.17, 15) is 18.0 Å². The van der Waals surface area contributed by atoms with Gasteiger partial charge < -0.3 is 19.9 Å². The highest BCUT2D eigenvalue weighted by Crippen LogP contribution is 2.32. The summed E-state index contributed by atoms with van der Waals surface area (Å²) in [5.41, 5.74) is 2.78. The maximum Gasteiger partial charge on any atom is 0.416 e. The van der Waals surface area contributed by atoms with Gasteiger partial charge in [-0.15, -0.1) is 0 Å². The van der Waals surface area contributed by atoms with Crippen LogP contribution in [0.25, 0.3) is 10.9 Å². The lowest BCUT2D eigenvalue weighted by Gasteiger charge is -2.36. The Kier molecular flexibility index (Phi) is 7.99. The van der Waals surface area contributed by atoms with Crippen LogP contribution in [0.1, 0.15) is 11.1 Å². The summed E-state index contributed by atoms with van der Waals surface area (Å²) in [5, 5.41) is 4.45. The first-order chi connectivity index (χ1) is 18.7. The molecular formula is C29H28ClF3N4O2. The molecular weight excluding hydrogens is 529 g/mol. The van der Waals surface area contributed by atoms with Crippen molar-refractivity contribution in [2.24, 2.45) is 0 Å². The first-order valence-electron chi connectivity index (χ1n) is 12.7. The fourth-order valence-electron chi connectivity index (χ4n) is 4.75. The second kappa shape index (κ2) is 11.6. The number of nitrogens with one attached hydrogen (secondary N) is 2. The van der Waals surface area contributed by atoms with Crippen molar-refractivity contribution >= 4 is 39.8 Å². The Bertz CT molecular complexity index is 1450. The third-order valence-corrected chi connectivity index (χ3v) is 7.06. The molecule has 3 aromatic carbocycles. The minimum absolute atomic E-state index is 0.134. The summed E-state index contributed by atoms with van der Waals surface area (Å²) in [7, 11) is 0. The van der Waals surface area contributed by atoms with Crippen LogP contribution in [0.5, 0.6) is 5.75 Å². The lowest BCUT2D eigenvalue weighted by atomic mass is 10.1. The molecule has 0 aliphatic carbocycles. The number of benzene rings is 3. The average molecular weight is 557 g/mol. The summed E-state index contributed by atoms with van der Waals surface area (Å²) in [4.78, 5) is 20.0. The molecule has 1 saturated heterocycles. The first kappa shape index (κ1) is 26.9. The number of hydrogen-bond acceptors (Lipinski definition) is 4. The highest BCUT2D eigenvalue weighted by atomic mass is 35.5. The summed E-state index contributed by atoms with van der Waals surface area (Å²) >= 11 is 5.95. The van der Waals surface area contributed by atoms with Gasteiger partial charge in [-0.05, 0) is 66.6 Å². The van der Waals surface area contributed by atoms with Crippen molar-refractivity contribution in [1.29, 1.82) is 0 Å². The van der Waals surface area contributed by atoms with Crippen molar-refractivity contribution in [3.63, 3.8) is 0 Å². The number of halogens is 4. The monoisotopic (exact) mass is 556 g/mol. The number of fused-ring (bicyclic) bond motifs is 1. The zero-order valence-corrected chi connectivity index (χ0v) is 21.9. The molecule has 4 aromatic rings.